The van der Waals surface area contributed by atoms with Crippen LogP contribution in [-0.4, -0.2) is 20.2 Å². The summed E-state index contributed by atoms with van der Waals surface area (Å²) in [7, 11) is 2.47. The molecule has 0 bridgehead atoms. The third-order valence-electron chi connectivity index (χ3n) is 1.79. The molecule has 0 atom stereocenters. The van der Waals surface area contributed by atoms with Crippen LogP contribution in [0.15, 0.2) is 10.5 Å². The molecule has 0 aliphatic heterocycles. The fourth-order valence-electron chi connectivity index (χ4n) is 1.11. The zero-order valence-corrected chi connectivity index (χ0v) is 9.72. The third-order valence-corrected chi connectivity index (χ3v) is 2.38. The fourth-order valence-corrected chi connectivity index (χ4v) is 1.72. The molecule has 0 fully saturated rings. The van der Waals surface area contributed by atoms with Crippen LogP contribution in [0.25, 0.3) is 0 Å². The van der Waals surface area contributed by atoms with E-state index in [0.29, 0.717) is 4.47 Å². The van der Waals surface area contributed by atoms with Crippen molar-refractivity contribution >= 4 is 27.6 Å². The highest BCUT2D eigenvalue weighted by Crippen LogP contribution is 2.34. The Morgan fingerprint density at radius 1 is 1.53 bits per heavy atom. The molecule has 15 heavy (non-hydrogen) atoms. The van der Waals surface area contributed by atoms with Crippen LogP contribution in [0.2, 0.25) is 0 Å². The van der Waals surface area contributed by atoms with Crippen molar-refractivity contribution in [2.45, 2.75) is 0 Å². The summed E-state index contributed by atoms with van der Waals surface area (Å²) in [6.45, 7) is 0. The molecule has 1 rings (SSSR count). The van der Waals surface area contributed by atoms with Gasteiger partial charge in [-0.2, -0.15) is 0 Å². The van der Waals surface area contributed by atoms with Gasteiger partial charge in [-0.25, -0.2) is 9.18 Å². The van der Waals surface area contributed by atoms with E-state index >= 15 is 0 Å². The van der Waals surface area contributed by atoms with Gasteiger partial charge < -0.3 is 15.2 Å². The summed E-state index contributed by atoms with van der Waals surface area (Å²) >= 11 is 3.11. The fraction of sp³-hybridized carbons (Fsp3) is 0.222. The van der Waals surface area contributed by atoms with E-state index < -0.39 is 11.8 Å². The van der Waals surface area contributed by atoms with E-state index in [1.54, 1.807) is 0 Å². The smallest absolute Gasteiger partial charge is 0.344 e. The number of halogens is 2. The molecular weight excluding hydrogens is 269 g/mol. The van der Waals surface area contributed by atoms with Crippen molar-refractivity contribution in [3.8, 4) is 5.75 Å². The van der Waals surface area contributed by atoms with E-state index in [9.17, 15) is 9.18 Å². The van der Waals surface area contributed by atoms with E-state index in [1.165, 1.54) is 13.2 Å². The lowest BCUT2D eigenvalue weighted by Crippen LogP contribution is -2.09. The minimum Gasteiger partial charge on any atom is -0.495 e. The van der Waals surface area contributed by atoms with Gasteiger partial charge in [0.1, 0.15) is 5.56 Å². The van der Waals surface area contributed by atoms with Crippen LogP contribution in [0.3, 0.4) is 0 Å². The minimum atomic E-state index is -0.845. The second-order valence-corrected chi connectivity index (χ2v) is 3.52. The SMILES string of the molecule is COC(=O)c1c(F)c(N)cc(Br)c1OC. The quantitative estimate of drug-likeness (QED) is 0.663. The number of nitrogen functional groups attached to an aromatic ring is 1. The molecule has 0 saturated heterocycles. The maximum absolute atomic E-state index is 13.5. The Morgan fingerprint density at radius 2 is 2.13 bits per heavy atom. The van der Waals surface area contributed by atoms with E-state index in [2.05, 4.69) is 20.7 Å². The maximum Gasteiger partial charge on any atom is 0.344 e. The van der Waals surface area contributed by atoms with Crippen molar-refractivity contribution < 1.29 is 18.7 Å². The molecule has 0 aliphatic rings. The number of nitrogens with two attached hydrogens (primary N) is 1. The van der Waals surface area contributed by atoms with Gasteiger partial charge in [0.2, 0.25) is 0 Å². The van der Waals surface area contributed by atoms with Crippen LogP contribution < -0.4 is 10.5 Å². The lowest BCUT2D eigenvalue weighted by Gasteiger charge is -2.11. The second kappa shape index (κ2) is 4.48. The summed E-state index contributed by atoms with van der Waals surface area (Å²) in [5, 5.41) is 0. The van der Waals surface area contributed by atoms with Crippen LogP contribution >= 0.6 is 15.9 Å². The second-order valence-electron chi connectivity index (χ2n) is 2.66. The topological polar surface area (TPSA) is 61.5 Å². The third kappa shape index (κ3) is 2.04. The molecule has 0 spiro atoms. The Labute approximate surface area is 94.3 Å². The number of anilines is 1. The van der Waals surface area contributed by atoms with Gasteiger partial charge in [-0.1, -0.05) is 0 Å². The normalized spacial score (nSPS) is 9.87. The Hall–Kier alpha value is -1.30. The molecule has 0 unspecified atom stereocenters. The maximum atomic E-state index is 13.5. The number of carbonyl (C=O) groups excluding carboxylic acids is 1. The molecule has 2 N–H and O–H groups in total. The van der Waals surface area contributed by atoms with E-state index in [0.717, 1.165) is 7.11 Å². The van der Waals surface area contributed by atoms with Crippen molar-refractivity contribution in [1.29, 1.82) is 0 Å². The first kappa shape index (κ1) is 11.8. The molecule has 4 nitrogen and oxygen atoms in total. The Balaban J connectivity index is 3.50. The molecule has 1 aromatic rings. The van der Waals surface area contributed by atoms with Gasteiger partial charge in [-0.05, 0) is 22.0 Å². The standard InChI is InChI=1S/C9H9BrFNO3/c1-14-8-4(10)3-5(12)7(11)6(8)9(13)15-2/h3H,12H2,1-2H3. The first-order valence-electron chi connectivity index (χ1n) is 3.92. The number of hydrogen-bond acceptors (Lipinski definition) is 4. The largest absolute Gasteiger partial charge is 0.495 e. The molecule has 0 radical (unpaired) electrons. The average Bonchev–Trinajstić information content (AvgIpc) is 2.21. The van der Waals surface area contributed by atoms with E-state index in [4.69, 9.17) is 10.5 Å². The van der Waals surface area contributed by atoms with Crippen LogP contribution in [0.1, 0.15) is 10.4 Å². The average molecular weight is 278 g/mol. The molecule has 82 valence electrons. The van der Waals surface area contributed by atoms with Crippen LogP contribution in [0.4, 0.5) is 10.1 Å². The summed E-state index contributed by atoms with van der Waals surface area (Å²) in [6, 6.07) is 1.32. The van der Waals surface area contributed by atoms with Gasteiger partial charge in [0.25, 0.3) is 0 Å². The molecule has 0 amide bonds. The molecule has 0 saturated carbocycles. The van der Waals surface area contributed by atoms with Gasteiger partial charge in [-0.15, -0.1) is 0 Å². The van der Waals surface area contributed by atoms with Gasteiger partial charge >= 0.3 is 5.97 Å². The Morgan fingerprint density at radius 3 is 2.60 bits per heavy atom. The lowest BCUT2D eigenvalue weighted by atomic mass is 10.1. The molecule has 0 aromatic heterocycles. The number of carbonyl (C=O) groups is 1. The number of rotatable bonds is 2. The predicted molar refractivity (Wildman–Crippen MR) is 56.4 cm³/mol. The number of hydrogen-bond donors (Lipinski definition) is 1. The van der Waals surface area contributed by atoms with Gasteiger partial charge in [0.15, 0.2) is 11.6 Å². The molecule has 1 aromatic carbocycles. The lowest BCUT2D eigenvalue weighted by molar-refractivity contribution is 0.0591. The van der Waals surface area contributed by atoms with Gasteiger partial charge in [0, 0.05) is 0 Å². The van der Waals surface area contributed by atoms with Gasteiger partial charge in [0.05, 0.1) is 24.4 Å². The van der Waals surface area contributed by atoms with Crippen molar-refractivity contribution in [1.82, 2.24) is 0 Å². The monoisotopic (exact) mass is 277 g/mol. The van der Waals surface area contributed by atoms with E-state index in [-0.39, 0.29) is 17.0 Å². The molecule has 6 heteroatoms. The van der Waals surface area contributed by atoms with Crippen molar-refractivity contribution in [3.63, 3.8) is 0 Å². The molecular formula is C9H9BrFNO3. The number of methoxy groups -OCH3 is 2. The Bertz CT molecular complexity index is 409. The van der Waals surface area contributed by atoms with Crippen molar-refractivity contribution in [2.75, 3.05) is 20.0 Å². The number of esters is 1. The van der Waals surface area contributed by atoms with Crippen molar-refractivity contribution in [2.24, 2.45) is 0 Å². The summed E-state index contributed by atoms with van der Waals surface area (Å²) in [6.07, 6.45) is 0. The highest BCUT2D eigenvalue weighted by molar-refractivity contribution is 9.10. The molecule has 0 heterocycles. The zero-order valence-electron chi connectivity index (χ0n) is 8.14. The predicted octanol–water partition coefficient (Wildman–Crippen LogP) is 1.97. The van der Waals surface area contributed by atoms with E-state index in [1.807, 2.05) is 0 Å². The first-order valence-corrected chi connectivity index (χ1v) is 4.72. The number of ether oxygens (including phenoxy) is 2. The minimum absolute atomic E-state index is 0.0635. The summed E-state index contributed by atoms with van der Waals surface area (Å²) in [4.78, 5) is 11.3. The summed E-state index contributed by atoms with van der Waals surface area (Å²) in [5.41, 5.74) is 4.91. The van der Waals surface area contributed by atoms with Crippen LogP contribution in [-0.2, 0) is 4.74 Å². The number of benzene rings is 1. The van der Waals surface area contributed by atoms with Crippen LogP contribution in [0.5, 0.6) is 5.75 Å². The van der Waals surface area contributed by atoms with Crippen LogP contribution in [0, 0.1) is 5.82 Å². The van der Waals surface area contributed by atoms with Crippen molar-refractivity contribution in [3.05, 3.63) is 21.9 Å². The first-order chi connectivity index (χ1) is 7.02. The summed E-state index contributed by atoms with van der Waals surface area (Å²) in [5.74, 6) is -1.62. The van der Waals surface area contributed by atoms with Gasteiger partial charge in [-0.3, -0.25) is 0 Å². The summed E-state index contributed by atoms with van der Waals surface area (Å²) < 4.78 is 23.3. The highest BCUT2D eigenvalue weighted by atomic mass is 79.9. The Kier molecular flexibility index (Phi) is 3.52. The highest BCUT2D eigenvalue weighted by Gasteiger charge is 2.23. The molecule has 0 aliphatic carbocycles. The zero-order chi connectivity index (χ0) is 11.6.